The molecule has 3 rings (SSSR count). The minimum absolute atomic E-state index is 0.00996. The predicted octanol–water partition coefficient (Wildman–Crippen LogP) is 4.30. The molecule has 0 fully saturated rings. The number of rotatable bonds is 4. The first-order chi connectivity index (χ1) is 13.2. The third kappa shape index (κ3) is 4.49. The van der Waals surface area contributed by atoms with Crippen LogP contribution >= 0.6 is 0 Å². The first kappa shape index (κ1) is 19.4. The average Bonchev–Trinajstić information content (AvgIpc) is 2.65. The zero-order valence-electron chi connectivity index (χ0n) is 14.9. The van der Waals surface area contributed by atoms with Crippen molar-refractivity contribution in [3.05, 3.63) is 93.3 Å². The summed E-state index contributed by atoms with van der Waals surface area (Å²) in [5.41, 5.74) is 1.59. The maximum absolute atomic E-state index is 12.6. The molecule has 3 aromatic rings. The SMILES string of the molecule is Cc1cccc(-c2ccc(C(=O)NCc3ccc(C(F)(F)F)cc3)c(=O)[nH]2)c1. The molecule has 28 heavy (non-hydrogen) atoms. The Bertz CT molecular complexity index is 1050. The van der Waals surface area contributed by atoms with Crippen LogP contribution < -0.4 is 10.9 Å². The number of halogens is 3. The number of aryl methyl sites for hydroxylation is 1. The van der Waals surface area contributed by atoms with Crippen molar-refractivity contribution in [2.24, 2.45) is 0 Å². The molecule has 0 aliphatic heterocycles. The molecule has 0 saturated carbocycles. The minimum Gasteiger partial charge on any atom is -0.348 e. The van der Waals surface area contributed by atoms with Crippen molar-refractivity contribution in [1.29, 1.82) is 0 Å². The standard InChI is InChI=1S/C21H17F3N2O2/c1-13-3-2-4-15(11-13)18-10-9-17(20(28)26-18)19(27)25-12-14-5-7-16(8-6-14)21(22,23)24/h2-11H,12H2,1H3,(H,25,27)(H,26,28). The van der Waals surface area contributed by atoms with Gasteiger partial charge in [0.2, 0.25) is 0 Å². The summed E-state index contributed by atoms with van der Waals surface area (Å²) in [6.07, 6.45) is -4.41. The van der Waals surface area contributed by atoms with Gasteiger partial charge in [-0.25, -0.2) is 0 Å². The van der Waals surface area contributed by atoms with Gasteiger partial charge in [-0.1, -0.05) is 35.9 Å². The lowest BCUT2D eigenvalue weighted by Gasteiger charge is -2.09. The topological polar surface area (TPSA) is 62.0 Å². The van der Waals surface area contributed by atoms with E-state index >= 15 is 0 Å². The zero-order chi connectivity index (χ0) is 20.3. The Morgan fingerprint density at radius 1 is 1.04 bits per heavy atom. The van der Waals surface area contributed by atoms with Gasteiger partial charge >= 0.3 is 6.18 Å². The summed E-state index contributed by atoms with van der Waals surface area (Å²) < 4.78 is 37.7. The number of aromatic amines is 1. The zero-order valence-corrected chi connectivity index (χ0v) is 14.9. The number of amides is 1. The summed E-state index contributed by atoms with van der Waals surface area (Å²) >= 11 is 0. The van der Waals surface area contributed by atoms with E-state index in [1.165, 1.54) is 18.2 Å². The molecular formula is C21H17F3N2O2. The second-order valence-corrected chi connectivity index (χ2v) is 6.36. The van der Waals surface area contributed by atoms with Crippen molar-refractivity contribution < 1.29 is 18.0 Å². The highest BCUT2D eigenvalue weighted by Crippen LogP contribution is 2.29. The molecule has 2 N–H and O–H groups in total. The average molecular weight is 386 g/mol. The summed E-state index contributed by atoms with van der Waals surface area (Å²) in [6, 6.07) is 15.1. The summed E-state index contributed by atoms with van der Waals surface area (Å²) in [7, 11) is 0. The molecule has 0 spiro atoms. The molecule has 144 valence electrons. The second-order valence-electron chi connectivity index (χ2n) is 6.36. The number of carbonyl (C=O) groups is 1. The van der Waals surface area contributed by atoms with Crippen molar-refractivity contribution in [2.45, 2.75) is 19.6 Å². The lowest BCUT2D eigenvalue weighted by Crippen LogP contribution is -2.29. The number of benzene rings is 2. The molecular weight excluding hydrogens is 369 g/mol. The van der Waals surface area contributed by atoms with E-state index in [1.54, 1.807) is 6.07 Å². The van der Waals surface area contributed by atoms with Crippen LogP contribution in [0.25, 0.3) is 11.3 Å². The number of hydrogen-bond donors (Lipinski definition) is 2. The third-order valence-corrected chi connectivity index (χ3v) is 4.22. The van der Waals surface area contributed by atoms with E-state index < -0.39 is 23.2 Å². The van der Waals surface area contributed by atoms with Crippen LogP contribution in [0.15, 0.2) is 65.5 Å². The molecule has 0 atom stereocenters. The van der Waals surface area contributed by atoms with Crippen LogP contribution in [0.1, 0.15) is 27.0 Å². The van der Waals surface area contributed by atoms with Crippen molar-refractivity contribution in [3.63, 3.8) is 0 Å². The van der Waals surface area contributed by atoms with E-state index in [0.29, 0.717) is 11.3 Å². The maximum Gasteiger partial charge on any atom is 0.416 e. The second kappa shape index (κ2) is 7.72. The van der Waals surface area contributed by atoms with E-state index in [4.69, 9.17) is 0 Å². The van der Waals surface area contributed by atoms with Crippen molar-refractivity contribution >= 4 is 5.91 Å². The van der Waals surface area contributed by atoms with E-state index in [9.17, 15) is 22.8 Å². The first-order valence-electron chi connectivity index (χ1n) is 8.49. The van der Waals surface area contributed by atoms with E-state index in [-0.39, 0.29) is 12.1 Å². The van der Waals surface area contributed by atoms with Crippen LogP contribution in [0.3, 0.4) is 0 Å². The number of nitrogens with one attached hydrogen (secondary N) is 2. The van der Waals surface area contributed by atoms with Gasteiger partial charge in [-0.05, 0) is 48.4 Å². The molecule has 7 heteroatoms. The van der Waals surface area contributed by atoms with Crippen LogP contribution in [0.2, 0.25) is 0 Å². The van der Waals surface area contributed by atoms with Gasteiger partial charge in [0.05, 0.1) is 5.56 Å². The molecule has 4 nitrogen and oxygen atoms in total. The van der Waals surface area contributed by atoms with E-state index in [1.807, 2.05) is 31.2 Å². The maximum atomic E-state index is 12.6. The highest BCUT2D eigenvalue weighted by molar-refractivity contribution is 5.94. The lowest BCUT2D eigenvalue weighted by atomic mass is 10.1. The Balaban J connectivity index is 1.70. The number of alkyl halides is 3. The van der Waals surface area contributed by atoms with Crippen LogP contribution in [-0.4, -0.2) is 10.9 Å². The number of pyridine rings is 1. The Hall–Kier alpha value is -3.35. The summed E-state index contributed by atoms with van der Waals surface area (Å²) in [6.45, 7) is 1.95. The molecule has 1 aromatic heterocycles. The van der Waals surface area contributed by atoms with Crippen molar-refractivity contribution in [3.8, 4) is 11.3 Å². The molecule has 0 unspecified atom stereocenters. The van der Waals surface area contributed by atoms with Gasteiger partial charge in [0.25, 0.3) is 11.5 Å². The van der Waals surface area contributed by atoms with Crippen LogP contribution in [0.4, 0.5) is 13.2 Å². The summed E-state index contributed by atoms with van der Waals surface area (Å²) in [4.78, 5) is 27.2. The van der Waals surface area contributed by atoms with Crippen LogP contribution in [0.5, 0.6) is 0 Å². The molecule has 2 aromatic carbocycles. The molecule has 0 aliphatic rings. The molecule has 0 saturated heterocycles. The molecule has 1 heterocycles. The number of carbonyl (C=O) groups excluding carboxylic acids is 1. The monoisotopic (exact) mass is 386 g/mol. The summed E-state index contributed by atoms with van der Waals surface area (Å²) in [5, 5.41) is 2.54. The fourth-order valence-electron chi connectivity index (χ4n) is 2.72. The van der Waals surface area contributed by atoms with E-state index in [2.05, 4.69) is 10.3 Å². The van der Waals surface area contributed by atoms with Crippen molar-refractivity contribution in [2.75, 3.05) is 0 Å². The highest BCUT2D eigenvalue weighted by Gasteiger charge is 2.29. The number of H-pyrrole nitrogens is 1. The largest absolute Gasteiger partial charge is 0.416 e. The fraction of sp³-hybridized carbons (Fsp3) is 0.143. The first-order valence-corrected chi connectivity index (χ1v) is 8.49. The number of aromatic nitrogens is 1. The van der Waals surface area contributed by atoms with Crippen LogP contribution in [0, 0.1) is 6.92 Å². The van der Waals surface area contributed by atoms with Gasteiger partial charge in [0.1, 0.15) is 5.56 Å². The van der Waals surface area contributed by atoms with Gasteiger partial charge in [0, 0.05) is 12.2 Å². The highest BCUT2D eigenvalue weighted by atomic mass is 19.4. The van der Waals surface area contributed by atoms with Crippen molar-refractivity contribution in [1.82, 2.24) is 10.3 Å². The fourth-order valence-corrected chi connectivity index (χ4v) is 2.72. The predicted molar refractivity (Wildman–Crippen MR) is 99.8 cm³/mol. The van der Waals surface area contributed by atoms with E-state index in [0.717, 1.165) is 23.3 Å². The Labute approximate surface area is 159 Å². The molecule has 0 aliphatic carbocycles. The van der Waals surface area contributed by atoms with Crippen LogP contribution in [-0.2, 0) is 12.7 Å². The van der Waals surface area contributed by atoms with Gasteiger partial charge in [0.15, 0.2) is 0 Å². The quantitative estimate of drug-likeness (QED) is 0.702. The Morgan fingerprint density at radius 2 is 1.75 bits per heavy atom. The molecule has 0 bridgehead atoms. The van der Waals surface area contributed by atoms with Gasteiger partial charge < -0.3 is 10.3 Å². The smallest absolute Gasteiger partial charge is 0.348 e. The van der Waals surface area contributed by atoms with Gasteiger partial charge in [-0.15, -0.1) is 0 Å². The Kier molecular flexibility index (Phi) is 5.35. The molecule has 1 amide bonds. The minimum atomic E-state index is -4.41. The van der Waals surface area contributed by atoms with Gasteiger partial charge in [-0.3, -0.25) is 9.59 Å². The van der Waals surface area contributed by atoms with Gasteiger partial charge in [-0.2, -0.15) is 13.2 Å². The molecule has 0 radical (unpaired) electrons. The third-order valence-electron chi connectivity index (χ3n) is 4.22. The lowest BCUT2D eigenvalue weighted by molar-refractivity contribution is -0.137. The summed E-state index contributed by atoms with van der Waals surface area (Å²) in [5.74, 6) is -0.600. The normalized spacial score (nSPS) is 11.3. The number of hydrogen-bond acceptors (Lipinski definition) is 2. The Morgan fingerprint density at radius 3 is 2.36 bits per heavy atom.